The fourth-order valence-electron chi connectivity index (χ4n) is 1.55. The van der Waals surface area contributed by atoms with Crippen LogP contribution in [0.2, 0.25) is 0 Å². The van der Waals surface area contributed by atoms with Gasteiger partial charge in [0.15, 0.2) is 0 Å². The second-order valence-corrected chi connectivity index (χ2v) is 5.05. The lowest BCUT2D eigenvalue weighted by atomic mass is 9.99. The van der Waals surface area contributed by atoms with Crippen molar-refractivity contribution < 1.29 is 5.11 Å². The molecule has 0 saturated carbocycles. The maximum absolute atomic E-state index is 9.89. The van der Waals surface area contributed by atoms with Crippen LogP contribution in [0.25, 0.3) is 0 Å². The summed E-state index contributed by atoms with van der Waals surface area (Å²) in [7, 11) is 0. The minimum absolute atomic E-state index is 0.395. The van der Waals surface area contributed by atoms with Crippen LogP contribution in [0.1, 0.15) is 31.9 Å². The normalized spacial score (nSPS) is 16.7. The molecule has 16 heavy (non-hydrogen) atoms. The molecule has 1 heterocycles. The summed E-state index contributed by atoms with van der Waals surface area (Å²) in [5.41, 5.74) is 1.00. The van der Waals surface area contributed by atoms with E-state index in [2.05, 4.69) is 25.7 Å². The van der Waals surface area contributed by atoms with Crippen molar-refractivity contribution in [2.75, 3.05) is 6.54 Å². The smallest absolute Gasteiger partial charge is 0.0922 e. The Hall–Kier alpha value is -0.640. The molecule has 3 heteroatoms. The minimum Gasteiger partial charge on any atom is -0.387 e. The molecular weight excluding hydrogens is 218 g/mol. The van der Waals surface area contributed by atoms with E-state index < -0.39 is 6.10 Å². The van der Waals surface area contributed by atoms with Gasteiger partial charge in [-0.15, -0.1) is 6.58 Å². The average molecular weight is 239 g/mol. The maximum Gasteiger partial charge on any atom is 0.0922 e. The lowest BCUT2D eigenvalue weighted by Crippen LogP contribution is -2.34. The minimum atomic E-state index is -0.398. The fourth-order valence-corrected chi connectivity index (χ4v) is 2.26. The zero-order valence-corrected chi connectivity index (χ0v) is 10.8. The van der Waals surface area contributed by atoms with Gasteiger partial charge in [-0.2, -0.15) is 11.3 Å². The summed E-state index contributed by atoms with van der Waals surface area (Å²) in [5, 5.41) is 17.2. The van der Waals surface area contributed by atoms with E-state index >= 15 is 0 Å². The standard InChI is InChI=1S/C13H21NOS/c1-4-5-10(2)11(3)14-8-13(15)12-6-7-16-9-12/h4,6-7,9-11,13-15H,1,5,8H2,2-3H3. The molecule has 1 aromatic rings. The number of aliphatic hydroxyl groups excluding tert-OH is 1. The Bertz CT molecular complexity index is 297. The molecule has 1 rings (SSSR count). The molecule has 1 aromatic heterocycles. The first kappa shape index (κ1) is 13.4. The molecule has 3 atom stereocenters. The molecule has 0 radical (unpaired) electrons. The molecule has 0 bridgehead atoms. The SMILES string of the molecule is C=CCC(C)C(C)NCC(O)c1ccsc1. The van der Waals surface area contributed by atoms with E-state index in [-0.39, 0.29) is 0 Å². The van der Waals surface area contributed by atoms with E-state index in [4.69, 9.17) is 0 Å². The molecule has 90 valence electrons. The van der Waals surface area contributed by atoms with Gasteiger partial charge in [-0.1, -0.05) is 13.0 Å². The predicted molar refractivity (Wildman–Crippen MR) is 70.7 cm³/mol. The largest absolute Gasteiger partial charge is 0.387 e. The number of allylic oxidation sites excluding steroid dienone is 1. The maximum atomic E-state index is 9.89. The highest BCUT2D eigenvalue weighted by molar-refractivity contribution is 7.07. The van der Waals surface area contributed by atoms with Crippen molar-refractivity contribution in [2.24, 2.45) is 5.92 Å². The van der Waals surface area contributed by atoms with E-state index in [1.807, 2.05) is 22.9 Å². The summed E-state index contributed by atoms with van der Waals surface area (Å²) in [4.78, 5) is 0. The van der Waals surface area contributed by atoms with E-state index in [1.165, 1.54) is 0 Å². The highest BCUT2D eigenvalue weighted by atomic mass is 32.1. The zero-order chi connectivity index (χ0) is 12.0. The van der Waals surface area contributed by atoms with Gasteiger partial charge in [0.2, 0.25) is 0 Å². The van der Waals surface area contributed by atoms with Crippen LogP contribution in [0.15, 0.2) is 29.5 Å². The van der Waals surface area contributed by atoms with Crippen molar-refractivity contribution in [1.29, 1.82) is 0 Å². The molecular formula is C13H21NOS. The molecule has 2 nitrogen and oxygen atoms in total. The van der Waals surface area contributed by atoms with Crippen LogP contribution in [-0.2, 0) is 0 Å². The Balaban J connectivity index is 2.31. The Morgan fingerprint density at radius 3 is 2.88 bits per heavy atom. The van der Waals surface area contributed by atoms with Gasteiger partial charge in [0, 0.05) is 12.6 Å². The van der Waals surface area contributed by atoms with Crippen LogP contribution in [0.5, 0.6) is 0 Å². The summed E-state index contributed by atoms with van der Waals surface area (Å²) in [6.07, 6.45) is 2.55. The van der Waals surface area contributed by atoms with Gasteiger partial charge in [-0.05, 0) is 41.7 Å². The third-order valence-corrected chi connectivity index (χ3v) is 3.65. The summed E-state index contributed by atoms with van der Waals surface area (Å²) in [5.74, 6) is 0.548. The van der Waals surface area contributed by atoms with E-state index in [0.29, 0.717) is 18.5 Å². The molecule has 0 aliphatic heterocycles. The second-order valence-electron chi connectivity index (χ2n) is 4.27. The number of rotatable bonds is 7. The Morgan fingerprint density at radius 2 is 2.31 bits per heavy atom. The highest BCUT2D eigenvalue weighted by Crippen LogP contribution is 2.16. The zero-order valence-electron chi connectivity index (χ0n) is 10.0. The average Bonchev–Trinajstić information content (AvgIpc) is 2.79. The molecule has 3 unspecified atom stereocenters. The third kappa shape index (κ3) is 4.08. The van der Waals surface area contributed by atoms with Crippen molar-refractivity contribution in [1.82, 2.24) is 5.32 Å². The van der Waals surface area contributed by atoms with Crippen molar-refractivity contribution in [3.05, 3.63) is 35.0 Å². The molecule has 0 aromatic carbocycles. The van der Waals surface area contributed by atoms with Gasteiger partial charge in [0.05, 0.1) is 6.10 Å². The van der Waals surface area contributed by atoms with Crippen molar-refractivity contribution >= 4 is 11.3 Å². The molecule has 0 fully saturated rings. The first-order valence-electron chi connectivity index (χ1n) is 5.69. The Morgan fingerprint density at radius 1 is 1.56 bits per heavy atom. The van der Waals surface area contributed by atoms with Gasteiger partial charge < -0.3 is 10.4 Å². The van der Waals surface area contributed by atoms with Gasteiger partial charge in [0.1, 0.15) is 0 Å². The number of thiophene rings is 1. The summed E-state index contributed by atoms with van der Waals surface area (Å²) in [6, 6.07) is 2.36. The van der Waals surface area contributed by atoms with Gasteiger partial charge in [-0.25, -0.2) is 0 Å². The van der Waals surface area contributed by atoms with Crippen LogP contribution in [0, 0.1) is 5.92 Å². The van der Waals surface area contributed by atoms with Crippen LogP contribution in [-0.4, -0.2) is 17.7 Å². The number of hydrogen-bond donors (Lipinski definition) is 2. The molecule has 0 aliphatic rings. The van der Waals surface area contributed by atoms with E-state index in [0.717, 1.165) is 12.0 Å². The number of aliphatic hydroxyl groups is 1. The first-order valence-corrected chi connectivity index (χ1v) is 6.64. The molecule has 0 aliphatic carbocycles. The fraction of sp³-hybridized carbons (Fsp3) is 0.538. The lowest BCUT2D eigenvalue weighted by molar-refractivity contribution is 0.167. The van der Waals surface area contributed by atoms with Crippen LogP contribution in [0.3, 0.4) is 0 Å². The third-order valence-electron chi connectivity index (χ3n) is 2.95. The van der Waals surface area contributed by atoms with Crippen LogP contribution >= 0.6 is 11.3 Å². The Kier molecular flexibility index (Phi) is 5.74. The number of hydrogen-bond acceptors (Lipinski definition) is 3. The quantitative estimate of drug-likeness (QED) is 0.717. The van der Waals surface area contributed by atoms with Crippen molar-refractivity contribution in [2.45, 2.75) is 32.4 Å². The predicted octanol–water partition coefficient (Wildman–Crippen LogP) is 2.97. The van der Waals surface area contributed by atoms with Crippen molar-refractivity contribution in [3.8, 4) is 0 Å². The lowest BCUT2D eigenvalue weighted by Gasteiger charge is -2.21. The highest BCUT2D eigenvalue weighted by Gasteiger charge is 2.13. The summed E-state index contributed by atoms with van der Waals surface area (Å²) < 4.78 is 0. The van der Waals surface area contributed by atoms with E-state index in [9.17, 15) is 5.11 Å². The van der Waals surface area contributed by atoms with Gasteiger partial charge in [0.25, 0.3) is 0 Å². The Labute approximate surface area is 102 Å². The first-order chi connectivity index (χ1) is 7.65. The second kappa shape index (κ2) is 6.84. The van der Waals surface area contributed by atoms with Gasteiger partial charge in [-0.3, -0.25) is 0 Å². The van der Waals surface area contributed by atoms with E-state index in [1.54, 1.807) is 11.3 Å². The van der Waals surface area contributed by atoms with Crippen LogP contribution in [0.4, 0.5) is 0 Å². The number of nitrogens with one attached hydrogen (secondary N) is 1. The van der Waals surface area contributed by atoms with Crippen molar-refractivity contribution in [3.63, 3.8) is 0 Å². The molecule has 2 N–H and O–H groups in total. The molecule has 0 saturated heterocycles. The molecule has 0 spiro atoms. The molecule has 0 amide bonds. The van der Waals surface area contributed by atoms with Crippen LogP contribution < -0.4 is 5.32 Å². The summed E-state index contributed by atoms with van der Waals surface area (Å²) in [6.45, 7) is 8.69. The van der Waals surface area contributed by atoms with Gasteiger partial charge >= 0.3 is 0 Å². The summed E-state index contributed by atoms with van der Waals surface area (Å²) >= 11 is 1.62. The topological polar surface area (TPSA) is 32.3 Å². The monoisotopic (exact) mass is 239 g/mol.